The molecule has 0 amide bonds. The summed E-state index contributed by atoms with van der Waals surface area (Å²) in [6.45, 7) is 6.71. The van der Waals surface area contributed by atoms with Gasteiger partial charge in [0.2, 0.25) is 0 Å². The smallest absolute Gasteiger partial charge is 0.327 e. The van der Waals surface area contributed by atoms with Crippen LogP contribution < -0.4 is 0 Å². The standard InChI is InChI=1S/C14H24O2/c1-4-5-6-7-8-11-12(14(11,2)3)9-10-13(15)16/h9-12H,4-8H2,1-3H3,(H,15,16)/b10-9+. The van der Waals surface area contributed by atoms with E-state index in [2.05, 4.69) is 20.8 Å². The van der Waals surface area contributed by atoms with Gasteiger partial charge in [-0.1, -0.05) is 52.5 Å². The summed E-state index contributed by atoms with van der Waals surface area (Å²) in [7, 11) is 0. The number of carboxylic acid groups (broad SMARTS) is 1. The Morgan fingerprint density at radius 2 is 2.00 bits per heavy atom. The average molecular weight is 224 g/mol. The highest BCUT2D eigenvalue weighted by Gasteiger charge is 2.54. The molecule has 0 radical (unpaired) electrons. The molecule has 1 saturated carbocycles. The van der Waals surface area contributed by atoms with Gasteiger partial charge in [-0.25, -0.2) is 4.79 Å². The predicted octanol–water partition coefficient (Wildman–Crippen LogP) is 3.87. The van der Waals surface area contributed by atoms with Gasteiger partial charge in [-0.05, 0) is 23.7 Å². The second-order valence-electron chi connectivity index (χ2n) is 5.50. The van der Waals surface area contributed by atoms with Crippen LogP contribution in [0.25, 0.3) is 0 Å². The maximum Gasteiger partial charge on any atom is 0.327 e. The van der Waals surface area contributed by atoms with E-state index in [9.17, 15) is 4.79 Å². The number of allylic oxidation sites excluding steroid dienone is 1. The number of hydrogen-bond acceptors (Lipinski definition) is 1. The highest BCUT2D eigenvalue weighted by atomic mass is 16.4. The quantitative estimate of drug-likeness (QED) is 0.526. The van der Waals surface area contributed by atoms with E-state index >= 15 is 0 Å². The van der Waals surface area contributed by atoms with E-state index < -0.39 is 5.97 Å². The topological polar surface area (TPSA) is 37.3 Å². The second kappa shape index (κ2) is 5.51. The van der Waals surface area contributed by atoms with Crippen LogP contribution in [0.3, 0.4) is 0 Å². The van der Waals surface area contributed by atoms with E-state index in [4.69, 9.17) is 5.11 Å². The lowest BCUT2D eigenvalue weighted by Crippen LogP contribution is -1.91. The van der Waals surface area contributed by atoms with Crippen molar-refractivity contribution in [2.75, 3.05) is 0 Å². The molecule has 16 heavy (non-hydrogen) atoms. The van der Waals surface area contributed by atoms with Crippen molar-refractivity contribution in [3.8, 4) is 0 Å². The third-order valence-electron chi connectivity index (χ3n) is 3.95. The van der Waals surface area contributed by atoms with Gasteiger partial charge in [-0.2, -0.15) is 0 Å². The Balaban J connectivity index is 2.30. The van der Waals surface area contributed by atoms with Gasteiger partial charge in [0.15, 0.2) is 0 Å². The fourth-order valence-electron chi connectivity index (χ4n) is 2.70. The average Bonchev–Trinajstić information content (AvgIpc) is 2.72. The lowest BCUT2D eigenvalue weighted by molar-refractivity contribution is -0.131. The largest absolute Gasteiger partial charge is 0.478 e. The molecule has 2 atom stereocenters. The number of carbonyl (C=O) groups is 1. The van der Waals surface area contributed by atoms with Crippen LogP contribution in [-0.4, -0.2) is 11.1 Å². The highest BCUT2D eigenvalue weighted by molar-refractivity contribution is 5.79. The molecular weight excluding hydrogens is 200 g/mol. The molecule has 0 spiro atoms. The molecule has 2 unspecified atom stereocenters. The van der Waals surface area contributed by atoms with Gasteiger partial charge in [-0.3, -0.25) is 0 Å². The molecule has 92 valence electrons. The fourth-order valence-corrected chi connectivity index (χ4v) is 2.70. The number of rotatable bonds is 7. The van der Waals surface area contributed by atoms with Crippen molar-refractivity contribution in [2.45, 2.75) is 52.9 Å². The van der Waals surface area contributed by atoms with Gasteiger partial charge < -0.3 is 5.11 Å². The van der Waals surface area contributed by atoms with Crippen LogP contribution in [-0.2, 0) is 4.79 Å². The van der Waals surface area contributed by atoms with Crippen LogP contribution >= 0.6 is 0 Å². The molecule has 1 fully saturated rings. The van der Waals surface area contributed by atoms with Crippen LogP contribution in [0.15, 0.2) is 12.2 Å². The van der Waals surface area contributed by atoms with Gasteiger partial charge in [0.25, 0.3) is 0 Å². The SMILES string of the molecule is CCCCCCC1C(/C=C/C(=O)O)C1(C)C. The number of hydrogen-bond donors (Lipinski definition) is 1. The first kappa shape index (κ1) is 13.3. The second-order valence-corrected chi connectivity index (χ2v) is 5.50. The van der Waals surface area contributed by atoms with Crippen molar-refractivity contribution in [1.82, 2.24) is 0 Å². The molecule has 1 N–H and O–H groups in total. The van der Waals surface area contributed by atoms with E-state index in [1.54, 1.807) is 0 Å². The van der Waals surface area contributed by atoms with Gasteiger partial charge in [0, 0.05) is 6.08 Å². The first-order valence-corrected chi connectivity index (χ1v) is 6.41. The Hall–Kier alpha value is -0.790. The van der Waals surface area contributed by atoms with Crippen molar-refractivity contribution in [3.63, 3.8) is 0 Å². The zero-order valence-corrected chi connectivity index (χ0v) is 10.7. The minimum absolute atomic E-state index is 0.318. The molecular formula is C14H24O2. The third kappa shape index (κ3) is 3.36. The number of unbranched alkanes of at least 4 members (excludes halogenated alkanes) is 3. The summed E-state index contributed by atoms with van der Waals surface area (Å²) < 4.78 is 0. The molecule has 0 aromatic carbocycles. The van der Waals surface area contributed by atoms with Gasteiger partial charge in [0.1, 0.15) is 0 Å². The first-order valence-electron chi connectivity index (χ1n) is 6.41. The van der Waals surface area contributed by atoms with E-state index in [1.165, 1.54) is 38.2 Å². The van der Waals surface area contributed by atoms with E-state index in [1.807, 2.05) is 6.08 Å². The Kier molecular flexibility index (Phi) is 4.57. The first-order chi connectivity index (χ1) is 7.50. The zero-order valence-electron chi connectivity index (χ0n) is 10.7. The Morgan fingerprint density at radius 1 is 1.31 bits per heavy atom. The normalized spacial score (nSPS) is 27.2. The van der Waals surface area contributed by atoms with Crippen molar-refractivity contribution in [2.24, 2.45) is 17.3 Å². The van der Waals surface area contributed by atoms with Crippen LogP contribution in [0.4, 0.5) is 0 Å². The van der Waals surface area contributed by atoms with Gasteiger partial charge in [0.05, 0.1) is 0 Å². The Bertz CT molecular complexity index is 266. The van der Waals surface area contributed by atoms with Crippen LogP contribution in [0.1, 0.15) is 52.9 Å². The molecule has 1 rings (SSSR count). The Morgan fingerprint density at radius 3 is 2.56 bits per heavy atom. The zero-order chi connectivity index (χ0) is 12.2. The highest BCUT2D eigenvalue weighted by Crippen LogP contribution is 2.61. The fraction of sp³-hybridized carbons (Fsp3) is 0.786. The van der Waals surface area contributed by atoms with Crippen molar-refractivity contribution >= 4 is 5.97 Å². The molecule has 0 aliphatic heterocycles. The van der Waals surface area contributed by atoms with E-state index in [0.29, 0.717) is 17.3 Å². The minimum Gasteiger partial charge on any atom is -0.478 e. The summed E-state index contributed by atoms with van der Waals surface area (Å²) in [5.74, 6) is 0.345. The lowest BCUT2D eigenvalue weighted by Gasteiger charge is -2.01. The van der Waals surface area contributed by atoms with Crippen molar-refractivity contribution in [3.05, 3.63) is 12.2 Å². The molecule has 0 aromatic heterocycles. The predicted molar refractivity (Wildman–Crippen MR) is 66.3 cm³/mol. The Labute approximate surface area is 98.7 Å². The molecule has 1 aliphatic rings. The number of aliphatic carboxylic acids is 1. The summed E-state index contributed by atoms with van der Waals surface area (Å²) in [5.41, 5.74) is 0.318. The molecule has 0 bridgehead atoms. The van der Waals surface area contributed by atoms with Gasteiger partial charge >= 0.3 is 5.97 Å². The molecule has 0 saturated heterocycles. The molecule has 0 heterocycles. The monoisotopic (exact) mass is 224 g/mol. The third-order valence-corrected chi connectivity index (χ3v) is 3.95. The molecule has 1 aliphatic carbocycles. The van der Waals surface area contributed by atoms with Crippen molar-refractivity contribution < 1.29 is 9.90 Å². The summed E-state index contributed by atoms with van der Waals surface area (Å²) >= 11 is 0. The number of carboxylic acids is 1. The van der Waals surface area contributed by atoms with Crippen LogP contribution in [0.5, 0.6) is 0 Å². The van der Waals surface area contributed by atoms with E-state index in [-0.39, 0.29) is 0 Å². The summed E-state index contributed by atoms with van der Waals surface area (Å²) in [6, 6.07) is 0. The summed E-state index contributed by atoms with van der Waals surface area (Å²) in [5, 5.41) is 8.61. The van der Waals surface area contributed by atoms with E-state index in [0.717, 1.165) is 0 Å². The summed E-state index contributed by atoms with van der Waals surface area (Å²) in [4.78, 5) is 10.5. The minimum atomic E-state index is -0.826. The maximum absolute atomic E-state index is 10.5. The maximum atomic E-state index is 10.5. The summed E-state index contributed by atoms with van der Waals surface area (Å²) in [6.07, 6.45) is 9.64. The van der Waals surface area contributed by atoms with Gasteiger partial charge in [-0.15, -0.1) is 0 Å². The molecule has 2 nitrogen and oxygen atoms in total. The van der Waals surface area contributed by atoms with Crippen molar-refractivity contribution in [1.29, 1.82) is 0 Å². The lowest BCUT2D eigenvalue weighted by atomic mass is 10.0. The van der Waals surface area contributed by atoms with Crippen LogP contribution in [0.2, 0.25) is 0 Å². The van der Waals surface area contributed by atoms with Crippen LogP contribution in [0, 0.1) is 17.3 Å². The molecule has 2 heteroatoms. The molecule has 0 aromatic rings.